The molecule has 1 aromatic heterocycles. The molecule has 1 aromatic carbocycles. The fraction of sp³-hybridized carbons (Fsp3) is 0.545. The third-order valence-corrected chi connectivity index (χ3v) is 6.13. The highest BCUT2D eigenvalue weighted by Gasteiger charge is 2.44. The van der Waals surface area contributed by atoms with Crippen LogP contribution in [-0.4, -0.2) is 60.2 Å². The number of aromatic nitrogens is 1. The van der Waals surface area contributed by atoms with Crippen molar-refractivity contribution >= 4 is 41.5 Å². The quantitative estimate of drug-likeness (QED) is 0.338. The van der Waals surface area contributed by atoms with Crippen molar-refractivity contribution in [2.75, 3.05) is 39.3 Å². The number of aryl methyl sites for hydroxylation is 1. The van der Waals surface area contributed by atoms with Gasteiger partial charge in [0, 0.05) is 55.8 Å². The van der Waals surface area contributed by atoms with Gasteiger partial charge in [0.1, 0.15) is 5.76 Å². The first-order valence-electron chi connectivity index (χ1n) is 10.5. The van der Waals surface area contributed by atoms with Crippen LogP contribution in [-0.2, 0) is 12.0 Å². The summed E-state index contributed by atoms with van der Waals surface area (Å²) < 4.78 is 5.19. The summed E-state index contributed by atoms with van der Waals surface area (Å²) in [4.78, 5) is 9.83. The number of aliphatic imine (C=N–C) groups is 1. The molecule has 0 spiro atoms. The zero-order valence-corrected chi connectivity index (χ0v) is 20.8. The smallest absolute Gasteiger partial charge is 0.194 e. The first kappa shape index (κ1) is 23.3. The van der Waals surface area contributed by atoms with Gasteiger partial charge in [0.2, 0.25) is 0 Å². The van der Waals surface area contributed by atoms with Gasteiger partial charge in [-0.05, 0) is 44.4 Å². The van der Waals surface area contributed by atoms with Gasteiger partial charge in [0.05, 0.1) is 12.2 Å². The van der Waals surface area contributed by atoms with Gasteiger partial charge in [0.15, 0.2) is 5.96 Å². The predicted octanol–water partition coefficient (Wildman–Crippen LogP) is 4.07. The Morgan fingerprint density at radius 1 is 1.23 bits per heavy atom. The SMILES string of the molecule is CCNC(=NCC1(c2cccc(Cl)c2)CC1)N1CCN(Cc2cc(C)on2)CC1.I. The van der Waals surface area contributed by atoms with E-state index in [2.05, 4.69) is 39.3 Å². The molecule has 6 nitrogen and oxygen atoms in total. The van der Waals surface area contributed by atoms with E-state index >= 15 is 0 Å². The molecule has 0 amide bonds. The normalized spacial score (nSPS) is 18.8. The highest BCUT2D eigenvalue weighted by Crippen LogP contribution is 2.48. The molecule has 4 rings (SSSR count). The molecule has 2 heterocycles. The maximum absolute atomic E-state index is 6.21. The number of nitrogens with one attached hydrogen (secondary N) is 1. The summed E-state index contributed by atoms with van der Waals surface area (Å²) in [6, 6.07) is 10.3. The van der Waals surface area contributed by atoms with Crippen LogP contribution in [0, 0.1) is 6.92 Å². The van der Waals surface area contributed by atoms with Gasteiger partial charge >= 0.3 is 0 Å². The predicted molar refractivity (Wildman–Crippen MR) is 132 cm³/mol. The molecule has 8 heteroatoms. The molecule has 1 N–H and O–H groups in total. The van der Waals surface area contributed by atoms with E-state index in [-0.39, 0.29) is 29.4 Å². The van der Waals surface area contributed by atoms with Crippen LogP contribution in [0.5, 0.6) is 0 Å². The highest BCUT2D eigenvalue weighted by atomic mass is 127. The molecule has 30 heavy (non-hydrogen) atoms. The van der Waals surface area contributed by atoms with Crippen LogP contribution in [0.3, 0.4) is 0 Å². The van der Waals surface area contributed by atoms with Crippen LogP contribution in [0.15, 0.2) is 39.8 Å². The maximum atomic E-state index is 6.21. The monoisotopic (exact) mass is 543 g/mol. The van der Waals surface area contributed by atoms with Crippen LogP contribution >= 0.6 is 35.6 Å². The Kier molecular flexibility index (Phi) is 8.04. The second-order valence-corrected chi connectivity index (χ2v) is 8.59. The number of benzene rings is 1. The molecule has 1 saturated carbocycles. The highest BCUT2D eigenvalue weighted by molar-refractivity contribution is 14.0. The number of hydrogen-bond acceptors (Lipinski definition) is 4. The summed E-state index contributed by atoms with van der Waals surface area (Å²) in [7, 11) is 0. The summed E-state index contributed by atoms with van der Waals surface area (Å²) in [6.07, 6.45) is 2.36. The zero-order chi connectivity index (χ0) is 20.3. The van der Waals surface area contributed by atoms with Crippen molar-refractivity contribution in [3.8, 4) is 0 Å². The van der Waals surface area contributed by atoms with E-state index in [0.29, 0.717) is 0 Å². The van der Waals surface area contributed by atoms with Crippen LogP contribution in [0.2, 0.25) is 5.02 Å². The summed E-state index contributed by atoms with van der Waals surface area (Å²) >= 11 is 6.21. The van der Waals surface area contributed by atoms with Gasteiger partial charge in [-0.3, -0.25) is 9.89 Å². The minimum Gasteiger partial charge on any atom is -0.361 e. The lowest BCUT2D eigenvalue weighted by atomic mass is 9.96. The van der Waals surface area contributed by atoms with E-state index in [1.807, 2.05) is 25.1 Å². The third kappa shape index (κ3) is 5.68. The van der Waals surface area contributed by atoms with Crippen molar-refractivity contribution in [2.24, 2.45) is 4.99 Å². The minimum absolute atomic E-state index is 0. The van der Waals surface area contributed by atoms with E-state index in [1.165, 1.54) is 18.4 Å². The Hall–Kier alpha value is -1.32. The number of rotatable bonds is 6. The molecule has 2 aliphatic rings. The molecule has 2 fully saturated rings. The van der Waals surface area contributed by atoms with Crippen LogP contribution in [0.25, 0.3) is 0 Å². The molecular formula is C22H31ClIN5O. The van der Waals surface area contributed by atoms with E-state index in [9.17, 15) is 0 Å². The first-order chi connectivity index (χ1) is 14.1. The summed E-state index contributed by atoms with van der Waals surface area (Å²) in [5.41, 5.74) is 2.49. The average Bonchev–Trinajstić information content (AvgIpc) is 3.41. The molecule has 0 bridgehead atoms. The van der Waals surface area contributed by atoms with Gasteiger partial charge in [-0.25, -0.2) is 0 Å². The van der Waals surface area contributed by atoms with Crippen molar-refractivity contribution in [2.45, 2.75) is 38.6 Å². The molecule has 0 radical (unpaired) electrons. The van der Waals surface area contributed by atoms with E-state index in [0.717, 1.165) is 68.2 Å². The van der Waals surface area contributed by atoms with E-state index < -0.39 is 0 Å². The van der Waals surface area contributed by atoms with Crippen molar-refractivity contribution in [1.29, 1.82) is 0 Å². The van der Waals surface area contributed by atoms with Crippen LogP contribution in [0.4, 0.5) is 0 Å². The average molecular weight is 544 g/mol. The number of halogens is 2. The fourth-order valence-corrected chi connectivity index (χ4v) is 4.19. The molecule has 2 aromatic rings. The number of hydrogen-bond donors (Lipinski definition) is 1. The fourth-order valence-electron chi connectivity index (χ4n) is 4.00. The molecule has 1 saturated heterocycles. The lowest BCUT2D eigenvalue weighted by Gasteiger charge is -2.36. The number of nitrogens with zero attached hydrogens (tertiary/aromatic N) is 4. The minimum atomic E-state index is 0. The van der Waals surface area contributed by atoms with Gasteiger partial charge in [0.25, 0.3) is 0 Å². The van der Waals surface area contributed by atoms with Crippen molar-refractivity contribution in [1.82, 2.24) is 20.3 Å². The lowest BCUT2D eigenvalue weighted by molar-refractivity contribution is 0.169. The Bertz CT molecular complexity index is 859. The van der Waals surface area contributed by atoms with Crippen molar-refractivity contribution < 1.29 is 4.52 Å². The molecule has 0 unspecified atom stereocenters. The lowest BCUT2D eigenvalue weighted by Crippen LogP contribution is -2.52. The van der Waals surface area contributed by atoms with Gasteiger partial charge in [-0.15, -0.1) is 24.0 Å². The van der Waals surface area contributed by atoms with E-state index in [4.69, 9.17) is 21.1 Å². The van der Waals surface area contributed by atoms with Gasteiger partial charge < -0.3 is 14.7 Å². The molecule has 1 aliphatic carbocycles. The standard InChI is InChI=1S/C22H30ClN5O.HI/c1-3-24-21(25-16-22(7-8-22)18-5-4-6-19(23)14-18)28-11-9-27(10-12-28)15-20-13-17(2)29-26-20;/h4-6,13-14H,3,7-12,15-16H2,1-2H3,(H,24,25);1H. The molecule has 1 aliphatic heterocycles. The summed E-state index contributed by atoms with van der Waals surface area (Å²) in [5.74, 6) is 1.90. The Morgan fingerprint density at radius 2 is 2.00 bits per heavy atom. The Labute approximate surface area is 201 Å². The number of piperazine rings is 1. The number of guanidine groups is 1. The Morgan fingerprint density at radius 3 is 2.60 bits per heavy atom. The first-order valence-corrected chi connectivity index (χ1v) is 10.9. The van der Waals surface area contributed by atoms with Gasteiger partial charge in [-0.1, -0.05) is 28.9 Å². The van der Waals surface area contributed by atoms with Crippen LogP contribution in [0.1, 0.15) is 36.8 Å². The van der Waals surface area contributed by atoms with Gasteiger partial charge in [-0.2, -0.15) is 0 Å². The topological polar surface area (TPSA) is 56.9 Å². The van der Waals surface area contributed by atoms with E-state index in [1.54, 1.807) is 0 Å². The third-order valence-electron chi connectivity index (χ3n) is 5.89. The second-order valence-electron chi connectivity index (χ2n) is 8.15. The molecule has 0 atom stereocenters. The Balaban J connectivity index is 0.00000256. The van der Waals surface area contributed by atoms with Crippen molar-refractivity contribution in [3.05, 3.63) is 52.4 Å². The summed E-state index contributed by atoms with van der Waals surface area (Å²) in [6.45, 7) is 10.5. The second kappa shape index (κ2) is 10.3. The van der Waals surface area contributed by atoms with Crippen molar-refractivity contribution in [3.63, 3.8) is 0 Å². The molecule has 164 valence electrons. The maximum Gasteiger partial charge on any atom is 0.194 e. The van der Waals surface area contributed by atoms with Crippen LogP contribution < -0.4 is 5.32 Å². The summed E-state index contributed by atoms with van der Waals surface area (Å²) in [5, 5.41) is 8.41. The zero-order valence-electron chi connectivity index (χ0n) is 17.7. The molecular weight excluding hydrogens is 513 g/mol. The largest absolute Gasteiger partial charge is 0.361 e.